The molecule has 0 saturated carbocycles. The van der Waals surface area contributed by atoms with Gasteiger partial charge in [-0.25, -0.2) is 9.67 Å². The largest absolute Gasteiger partial charge is 0.321 e. The zero-order chi connectivity index (χ0) is 19.6. The van der Waals surface area contributed by atoms with Crippen molar-refractivity contribution in [3.05, 3.63) is 80.4 Å². The number of rotatable bonds is 5. The van der Waals surface area contributed by atoms with Gasteiger partial charge in [-0.15, -0.1) is 0 Å². The molecule has 11 heteroatoms. The topological polar surface area (TPSA) is 146 Å². The van der Waals surface area contributed by atoms with Crippen LogP contribution in [0.3, 0.4) is 0 Å². The maximum absolute atomic E-state index is 12.5. The van der Waals surface area contributed by atoms with Crippen LogP contribution in [-0.4, -0.2) is 30.5 Å². The second-order valence-corrected chi connectivity index (χ2v) is 5.46. The fourth-order valence-electron chi connectivity index (χ4n) is 2.49. The Morgan fingerprint density at radius 2 is 1.85 bits per heavy atom. The van der Waals surface area contributed by atoms with Gasteiger partial charge >= 0.3 is 0 Å². The molecule has 0 aliphatic carbocycles. The molecule has 0 spiro atoms. The second-order valence-electron chi connectivity index (χ2n) is 5.46. The van der Waals surface area contributed by atoms with Crippen molar-refractivity contribution in [3.8, 4) is 5.69 Å². The van der Waals surface area contributed by atoms with Gasteiger partial charge in [-0.3, -0.25) is 25.0 Å². The predicted molar refractivity (Wildman–Crippen MR) is 93.8 cm³/mol. The van der Waals surface area contributed by atoms with Crippen molar-refractivity contribution in [2.75, 3.05) is 5.32 Å². The van der Waals surface area contributed by atoms with Crippen LogP contribution < -0.4 is 5.32 Å². The SMILES string of the molecule is Cc1c(NC(=O)c2ccc(-n3cncn3)c([N+](=O)[O-])c2)cccc1[N+](=O)[O-]. The molecule has 0 atom stereocenters. The van der Waals surface area contributed by atoms with E-state index in [1.165, 1.54) is 54.6 Å². The van der Waals surface area contributed by atoms with Crippen LogP contribution in [0.5, 0.6) is 0 Å². The Bertz CT molecular complexity index is 1050. The number of anilines is 1. The van der Waals surface area contributed by atoms with E-state index in [0.29, 0.717) is 0 Å². The molecule has 0 fully saturated rings. The van der Waals surface area contributed by atoms with Crippen LogP contribution >= 0.6 is 0 Å². The maximum Gasteiger partial charge on any atom is 0.295 e. The van der Waals surface area contributed by atoms with Gasteiger partial charge in [-0.2, -0.15) is 5.10 Å². The minimum atomic E-state index is -0.633. The molecule has 1 amide bonds. The number of aromatic nitrogens is 3. The molecule has 0 saturated heterocycles. The first-order valence-electron chi connectivity index (χ1n) is 7.57. The van der Waals surface area contributed by atoms with Gasteiger partial charge in [0.25, 0.3) is 17.3 Å². The predicted octanol–water partition coefficient (Wildman–Crippen LogP) is 2.64. The van der Waals surface area contributed by atoms with Crippen molar-refractivity contribution in [1.29, 1.82) is 0 Å². The number of nitrogens with one attached hydrogen (secondary N) is 1. The average molecular weight is 368 g/mol. The van der Waals surface area contributed by atoms with Crippen LogP contribution in [0.1, 0.15) is 15.9 Å². The normalized spacial score (nSPS) is 10.4. The summed E-state index contributed by atoms with van der Waals surface area (Å²) in [5.74, 6) is -0.633. The quantitative estimate of drug-likeness (QED) is 0.538. The van der Waals surface area contributed by atoms with Gasteiger partial charge < -0.3 is 5.32 Å². The third-order valence-corrected chi connectivity index (χ3v) is 3.85. The molecule has 0 bridgehead atoms. The number of nitro benzene ring substituents is 2. The maximum atomic E-state index is 12.5. The van der Waals surface area contributed by atoms with Crippen molar-refractivity contribution in [2.45, 2.75) is 6.92 Å². The van der Waals surface area contributed by atoms with E-state index in [1.54, 1.807) is 0 Å². The van der Waals surface area contributed by atoms with Crippen LogP contribution in [0.4, 0.5) is 17.1 Å². The molecule has 3 rings (SSSR count). The summed E-state index contributed by atoms with van der Waals surface area (Å²) in [6.07, 6.45) is 2.53. The highest BCUT2D eigenvalue weighted by atomic mass is 16.6. The summed E-state index contributed by atoms with van der Waals surface area (Å²) in [5.41, 5.74) is 0.239. The van der Waals surface area contributed by atoms with Crippen molar-refractivity contribution in [2.24, 2.45) is 0 Å². The summed E-state index contributed by atoms with van der Waals surface area (Å²) in [6, 6.07) is 8.16. The van der Waals surface area contributed by atoms with Gasteiger partial charge in [0.05, 0.1) is 21.1 Å². The zero-order valence-corrected chi connectivity index (χ0v) is 13.9. The highest BCUT2D eigenvalue weighted by molar-refractivity contribution is 6.05. The molecule has 0 aliphatic rings. The Morgan fingerprint density at radius 3 is 2.48 bits per heavy atom. The fourth-order valence-corrected chi connectivity index (χ4v) is 2.49. The van der Waals surface area contributed by atoms with Crippen molar-refractivity contribution in [1.82, 2.24) is 14.8 Å². The number of hydrogen-bond acceptors (Lipinski definition) is 7. The van der Waals surface area contributed by atoms with Crippen LogP contribution in [0.15, 0.2) is 49.1 Å². The molecule has 1 aromatic heterocycles. The van der Waals surface area contributed by atoms with Crippen molar-refractivity contribution in [3.63, 3.8) is 0 Å². The van der Waals surface area contributed by atoms with Crippen LogP contribution in [0, 0.1) is 27.2 Å². The lowest BCUT2D eigenvalue weighted by Gasteiger charge is -2.09. The standard InChI is InChI=1S/C16H12N6O5/c1-10-12(3-2-4-13(10)21(24)25)19-16(23)11-5-6-14(15(7-11)22(26)27)20-9-17-8-18-20/h2-9H,1H3,(H,19,23). The van der Waals surface area contributed by atoms with Crippen LogP contribution in [-0.2, 0) is 0 Å². The van der Waals surface area contributed by atoms with E-state index < -0.39 is 15.8 Å². The number of nitrogens with zero attached hydrogens (tertiary/aromatic N) is 5. The van der Waals surface area contributed by atoms with Crippen molar-refractivity contribution < 1.29 is 14.6 Å². The summed E-state index contributed by atoms with van der Waals surface area (Å²) < 4.78 is 1.21. The third kappa shape index (κ3) is 3.46. The molecule has 0 aliphatic heterocycles. The number of amides is 1. The van der Waals surface area contributed by atoms with E-state index in [0.717, 1.165) is 6.07 Å². The number of benzene rings is 2. The first kappa shape index (κ1) is 17.7. The van der Waals surface area contributed by atoms with E-state index >= 15 is 0 Å². The summed E-state index contributed by atoms with van der Waals surface area (Å²) >= 11 is 0. The Kier molecular flexibility index (Phi) is 4.58. The first-order chi connectivity index (χ1) is 12.9. The number of nitro groups is 2. The van der Waals surface area contributed by atoms with Gasteiger partial charge in [-0.05, 0) is 25.1 Å². The smallest absolute Gasteiger partial charge is 0.295 e. The first-order valence-corrected chi connectivity index (χ1v) is 7.57. The molecule has 0 unspecified atom stereocenters. The average Bonchev–Trinajstić information content (AvgIpc) is 3.17. The van der Waals surface area contributed by atoms with Gasteiger partial charge in [0.1, 0.15) is 18.3 Å². The summed E-state index contributed by atoms with van der Waals surface area (Å²) in [6.45, 7) is 1.50. The summed E-state index contributed by atoms with van der Waals surface area (Å²) in [5, 5.41) is 28.8. The lowest BCUT2D eigenvalue weighted by molar-refractivity contribution is -0.385. The molecule has 136 valence electrons. The Morgan fingerprint density at radius 1 is 1.11 bits per heavy atom. The van der Waals surface area contributed by atoms with E-state index in [4.69, 9.17) is 0 Å². The Hall–Kier alpha value is -4.15. The van der Waals surface area contributed by atoms with Crippen LogP contribution in [0.2, 0.25) is 0 Å². The molecule has 2 aromatic carbocycles. The van der Waals surface area contributed by atoms with Crippen molar-refractivity contribution >= 4 is 23.0 Å². The summed E-state index contributed by atoms with van der Waals surface area (Å²) in [4.78, 5) is 37.4. The molecule has 27 heavy (non-hydrogen) atoms. The van der Waals surface area contributed by atoms with Gasteiger partial charge in [0.2, 0.25) is 0 Å². The molecule has 1 heterocycles. The zero-order valence-electron chi connectivity index (χ0n) is 13.9. The van der Waals surface area contributed by atoms with Gasteiger partial charge in [0, 0.05) is 17.7 Å². The van der Waals surface area contributed by atoms with Gasteiger partial charge in [0.15, 0.2) is 0 Å². The molecule has 3 aromatic rings. The molecule has 0 radical (unpaired) electrons. The third-order valence-electron chi connectivity index (χ3n) is 3.85. The Labute approximate surface area is 151 Å². The fraction of sp³-hybridized carbons (Fsp3) is 0.0625. The second kappa shape index (κ2) is 7.00. The number of carbonyl (C=O) groups is 1. The van der Waals surface area contributed by atoms with Gasteiger partial charge in [-0.1, -0.05) is 6.07 Å². The summed E-state index contributed by atoms with van der Waals surface area (Å²) in [7, 11) is 0. The molecular weight excluding hydrogens is 356 g/mol. The highest BCUT2D eigenvalue weighted by Gasteiger charge is 2.21. The molecular formula is C16H12N6O5. The van der Waals surface area contributed by atoms with E-state index in [1.807, 2.05) is 0 Å². The molecule has 1 N–H and O–H groups in total. The monoisotopic (exact) mass is 368 g/mol. The molecule has 11 nitrogen and oxygen atoms in total. The number of carbonyl (C=O) groups excluding carboxylic acids is 1. The van der Waals surface area contributed by atoms with E-state index in [2.05, 4.69) is 15.4 Å². The van der Waals surface area contributed by atoms with E-state index in [9.17, 15) is 25.0 Å². The Balaban J connectivity index is 1.94. The minimum Gasteiger partial charge on any atom is -0.321 e. The van der Waals surface area contributed by atoms with Crippen LogP contribution in [0.25, 0.3) is 5.69 Å². The highest BCUT2D eigenvalue weighted by Crippen LogP contribution is 2.27. The lowest BCUT2D eigenvalue weighted by Crippen LogP contribution is -2.14. The van der Waals surface area contributed by atoms with E-state index in [-0.39, 0.29) is 33.9 Å². The lowest BCUT2D eigenvalue weighted by atomic mass is 10.1. The number of hydrogen-bond donors (Lipinski definition) is 1. The minimum absolute atomic E-state index is 0.0245.